The fraction of sp³-hybridized carbons (Fsp3) is 0. The maximum atomic E-state index is 12.7. The van der Waals surface area contributed by atoms with E-state index in [-0.39, 0.29) is 5.43 Å². The summed E-state index contributed by atoms with van der Waals surface area (Å²) < 4.78 is 1.85. The Balaban J connectivity index is 1.54. The van der Waals surface area contributed by atoms with E-state index in [4.69, 9.17) is 4.84 Å². The van der Waals surface area contributed by atoms with Crippen LogP contribution >= 0.6 is 11.3 Å². The van der Waals surface area contributed by atoms with Gasteiger partial charge < -0.3 is 0 Å². The molecular formula is C20H13N3O3S. The van der Waals surface area contributed by atoms with Gasteiger partial charge in [-0.15, -0.1) is 11.3 Å². The van der Waals surface area contributed by atoms with Gasteiger partial charge in [0.1, 0.15) is 0 Å². The van der Waals surface area contributed by atoms with Crippen molar-refractivity contribution in [2.45, 2.75) is 0 Å². The summed E-state index contributed by atoms with van der Waals surface area (Å²) in [5, 5.41) is 7.52. The molecule has 1 N–H and O–H groups in total. The van der Waals surface area contributed by atoms with E-state index in [1.807, 2.05) is 36.4 Å². The molecule has 2 aromatic carbocycles. The highest BCUT2D eigenvalue weighted by molar-refractivity contribution is 7.24. The number of nitrogens with one attached hydrogen (secondary N) is 1. The fourth-order valence-corrected chi connectivity index (χ4v) is 3.66. The maximum Gasteiger partial charge on any atom is 0.437 e. The SMILES string of the molecule is O=C(Nc1ccncc1)ON=Cc1ccc2sc3ccccc3c(=O)c2c1. The van der Waals surface area contributed by atoms with Crippen LogP contribution in [0.1, 0.15) is 5.56 Å². The third-order valence-electron chi connectivity index (χ3n) is 3.86. The third kappa shape index (κ3) is 3.68. The molecule has 7 heteroatoms. The number of carbonyl (C=O) groups excluding carboxylic acids is 1. The molecule has 0 aliphatic carbocycles. The van der Waals surface area contributed by atoms with Crippen LogP contribution in [0, 0.1) is 0 Å². The van der Waals surface area contributed by atoms with Crippen molar-refractivity contribution in [2.75, 3.05) is 5.32 Å². The minimum absolute atomic E-state index is 0.0223. The monoisotopic (exact) mass is 375 g/mol. The van der Waals surface area contributed by atoms with Crippen LogP contribution in [0.3, 0.4) is 0 Å². The Bertz CT molecular complexity index is 1220. The van der Waals surface area contributed by atoms with Crippen LogP contribution in [0.25, 0.3) is 20.2 Å². The van der Waals surface area contributed by atoms with E-state index in [1.54, 1.807) is 41.9 Å². The van der Waals surface area contributed by atoms with E-state index in [0.29, 0.717) is 22.0 Å². The lowest BCUT2D eigenvalue weighted by molar-refractivity contribution is 0.167. The van der Waals surface area contributed by atoms with Crippen LogP contribution in [-0.2, 0) is 4.84 Å². The number of benzene rings is 2. The molecular weight excluding hydrogens is 362 g/mol. The lowest BCUT2D eigenvalue weighted by atomic mass is 10.1. The highest BCUT2D eigenvalue weighted by Gasteiger charge is 2.06. The van der Waals surface area contributed by atoms with Crippen LogP contribution in [0.15, 0.2) is 76.9 Å². The van der Waals surface area contributed by atoms with Gasteiger partial charge in [0.25, 0.3) is 0 Å². The molecule has 0 fully saturated rings. The summed E-state index contributed by atoms with van der Waals surface area (Å²) in [6.07, 6.45) is 3.79. The summed E-state index contributed by atoms with van der Waals surface area (Å²) in [5.41, 5.74) is 1.20. The Morgan fingerprint density at radius 3 is 2.67 bits per heavy atom. The van der Waals surface area contributed by atoms with E-state index in [9.17, 15) is 9.59 Å². The molecule has 4 rings (SSSR count). The molecule has 0 aliphatic heterocycles. The number of nitrogens with zero attached hydrogens (tertiary/aromatic N) is 2. The van der Waals surface area contributed by atoms with Gasteiger partial charge in [-0.3, -0.25) is 19.9 Å². The number of aromatic nitrogens is 1. The first-order chi connectivity index (χ1) is 13.2. The summed E-state index contributed by atoms with van der Waals surface area (Å²) in [6.45, 7) is 0. The van der Waals surface area contributed by atoms with Crippen molar-refractivity contribution in [2.24, 2.45) is 5.16 Å². The summed E-state index contributed by atoms with van der Waals surface area (Å²) in [5.74, 6) is 0. The Labute approximate surface area is 157 Å². The Hall–Kier alpha value is -3.58. The molecule has 0 aliphatic rings. The quantitative estimate of drug-likeness (QED) is 0.249. The standard InChI is InChI=1S/C20H13N3O3S/c24-19-15-3-1-2-4-17(15)27-18-6-5-13(11-16(18)19)12-22-26-20(25)23-14-7-9-21-10-8-14/h1-12H,(H,21,23,25). The number of anilines is 1. The van der Waals surface area contributed by atoms with E-state index >= 15 is 0 Å². The molecule has 0 atom stereocenters. The van der Waals surface area contributed by atoms with Crippen LogP contribution in [0.5, 0.6) is 0 Å². The average molecular weight is 375 g/mol. The zero-order valence-corrected chi connectivity index (χ0v) is 14.8. The molecule has 0 spiro atoms. The van der Waals surface area contributed by atoms with Gasteiger partial charge in [0.15, 0.2) is 5.43 Å². The second-order valence-electron chi connectivity index (χ2n) is 5.66. The van der Waals surface area contributed by atoms with Crippen molar-refractivity contribution in [3.8, 4) is 0 Å². The summed E-state index contributed by atoms with van der Waals surface area (Å²) in [4.78, 5) is 33.0. The van der Waals surface area contributed by atoms with Gasteiger partial charge in [0.05, 0.1) is 6.21 Å². The second kappa shape index (κ2) is 7.35. The highest BCUT2D eigenvalue weighted by atomic mass is 32.1. The fourth-order valence-electron chi connectivity index (χ4n) is 2.61. The molecule has 132 valence electrons. The molecule has 4 aromatic rings. The number of oxime groups is 1. The molecule has 6 nitrogen and oxygen atoms in total. The number of hydrogen-bond donors (Lipinski definition) is 1. The molecule has 0 saturated heterocycles. The summed E-state index contributed by atoms with van der Waals surface area (Å²) in [7, 11) is 0. The lowest BCUT2D eigenvalue weighted by Gasteiger charge is -2.02. The molecule has 1 amide bonds. The van der Waals surface area contributed by atoms with Gasteiger partial charge in [-0.05, 0) is 42.0 Å². The normalized spacial score (nSPS) is 11.1. The maximum absolute atomic E-state index is 12.7. The number of amides is 1. The third-order valence-corrected chi connectivity index (χ3v) is 5.02. The van der Waals surface area contributed by atoms with E-state index in [0.717, 1.165) is 9.40 Å². The first kappa shape index (κ1) is 16.9. The average Bonchev–Trinajstić information content (AvgIpc) is 2.69. The van der Waals surface area contributed by atoms with Gasteiger partial charge in [0, 0.05) is 38.3 Å². The number of fused-ring (bicyclic) bond motifs is 2. The molecule has 0 unspecified atom stereocenters. The zero-order chi connectivity index (χ0) is 18.6. The van der Waals surface area contributed by atoms with Crippen LogP contribution in [-0.4, -0.2) is 17.3 Å². The minimum atomic E-state index is -0.712. The van der Waals surface area contributed by atoms with Crippen LogP contribution < -0.4 is 10.7 Å². The van der Waals surface area contributed by atoms with Crippen molar-refractivity contribution >= 4 is 49.5 Å². The Morgan fingerprint density at radius 1 is 1.04 bits per heavy atom. The van der Waals surface area contributed by atoms with Gasteiger partial charge in [-0.1, -0.05) is 23.4 Å². The number of pyridine rings is 1. The predicted molar refractivity (Wildman–Crippen MR) is 108 cm³/mol. The minimum Gasteiger partial charge on any atom is -0.298 e. The summed E-state index contributed by atoms with van der Waals surface area (Å²) >= 11 is 1.56. The predicted octanol–water partition coefficient (Wildman–Crippen LogP) is 4.39. The highest BCUT2D eigenvalue weighted by Crippen LogP contribution is 2.24. The number of hydrogen-bond acceptors (Lipinski definition) is 6. The van der Waals surface area contributed by atoms with Crippen molar-refractivity contribution < 1.29 is 9.63 Å². The van der Waals surface area contributed by atoms with Gasteiger partial charge >= 0.3 is 6.09 Å². The lowest BCUT2D eigenvalue weighted by Crippen LogP contribution is -2.10. The van der Waals surface area contributed by atoms with E-state index < -0.39 is 6.09 Å². The molecule has 0 radical (unpaired) electrons. The van der Waals surface area contributed by atoms with Crippen molar-refractivity contribution in [3.05, 3.63) is 82.8 Å². The van der Waals surface area contributed by atoms with Crippen molar-refractivity contribution in [3.63, 3.8) is 0 Å². The van der Waals surface area contributed by atoms with Crippen molar-refractivity contribution in [1.29, 1.82) is 0 Å². The Morgan fingerprint density at radius 2 is 1.81 bits per heavy atom. The van der Waals surface area contributed by atoms with Crippen LogP contribution in [0.2, 0.25) is 0 Å². The molecule has 2 aromatic heterocycles. The molecule has 2 heterocycles. The molecule has 27 heavy (non-hydrogen) atoms. The largest absolute Gasteiger partial charge is 0.437 e. The first-order valence-electron chi connectivity index (χ1n) is 8.08. The first-order valence-corrected chi connectivity index (χ1v) is 8.89. The molecule has 0 saturated carbocycles. The van der Waals surface area contributed by atoms with Gasteiger partial charge in [-0.25, -0.2) is 4.79 Å². The van der Waals surface area contributed by atoms with Gasteiger partial charge in [-0.2, -0.15) is 0 Å². The molecule has 0 bridgehead atoms. The smallest absolute Gasteiger partial charge is 0.298 e. The van der Waals surface area contributed by atoms with E-state index in [1.165, 1.54) is 6.21 Å². The van der Waals surface area contributed by atoms with Gasteiger partial charge in [0.2, 0.25) is 0 Å². The Kier molecular flexibility index (Phi) is 4.59. The number of carbonyl (C=O) groups is 1. The van der Waals surface area contributed by atoms with Crippen molar-refractivity contribution in [1.82, 2.24) is 4.98 Å². The summed E-state index contributed by atoms with van der Waals surface area (Å²) in [6, 6.07) is 16.2. The zero-order valence-electron chi connectivity index (χ0n) is 14.0. The van der Waals surface area contributed by atoms with Crippen LogP contribution in [0.4, 0.5) is 10.5 Å². The second-order valence-corrected chi connectivity index (χ2v) is 6.74. The van der Waals surface area contributed by atoms with E-state index in [2.05, 4.69) is 15.5 Å². The number of rotatable bonds is 3. The topological polar surface area (TPSA) is 80.7 Å².